The van der Waals surface area contributed by atoms with Crippen molar-refractivity contribution in [3.63, 3.8) is 0 Å². The van der Waals surface area contributed by atoms with Gasteiger partial charge in [0.1, 0.15) is 0 Å². The molecule has 2 heterocycles. The Balaban J connectivity index is 1.60. The minimum atomic E-state index is -0.985. The monoisotopic (exact) mass is 434 g/mol. The van der Waals surface area contributed by atoms with Crippen LogP contribution in [0.2, 0.25) is 0 Å². The van der Waals surface area contributed by atoms with E-state index in [0.717, 1.165) is 33.5 Å². The lowest BCUT2D eigenvalue weighted by Gasteiger charge is -2.10. The van der Waals surface area contributed by atoms with E-state index in [9.17, 15) is 14.7 Å². The molecule has 0 fully saturated rings. The van der Waals surface area contributed by atoms with Crippen molar-refractivity contribution in [2.45, 2.75) is 13.8 Å². The molecule has 0 atom stereocenters. The van der Waals surface area contributed by atoms with Crippen LogP contribution >= 0.6 is 0 Å². The first-order valence-electron chi connectivity index (χ1n) is 10.7. The molecule has 0 saturated heterocycles. The summed E-state index contributed by atoms with van der Waals surface area (Å²) in [5, 5.41) is 12.4. The van der Waals surface area contributed by atoms with Gasteiger partial charge in [0.15, 0.2) is 0 Å². The largest absolute Gasteiger partial charge is 0.478 e. The highest BCUT2D eigenvalue weighted by atomic mass is 16.4. The zero-order valence-corrected chi connectivity index (χ0v) is 18.3. The van der Waals surface area contributed by atoms with Crippen LogP contribution in [-0.4, -0.2) is 22.0 Å². The maximum atomic E-state index is 12.9. The number of anilines is 1. The lowest BCUT2D eigenvalue weighted by Crippen LogP contribution is -2.03. The number of benzene rings is 3. The molecule has 0 bridgehead atoms. The molecule has 0 unspecified atom stereocenters. The molecule has 0 radical (unpaired) electrons. The second kappa shape index (κ2) is 7.95. The summed E-state index contributed by atoms with van der Waals surface area (Å²) in [6.45, 7) is 3.47. The second-order valence-electron chi connectivity index (χ2n) is 8.15. The summed E-state index contributed by atoms with van der Waals surface area (Å²) in [7, 11) is 0. The first-order chi connectivity index (χ1) is 15.9. The third-order valence-corrected chi connectivity index (χ3v) is 6.11. The Morgan fingerprint density at radius 3 is 2.18 bits per heavy atom. The molecule has 4 aromatic rings. The molecule has 162 valence electrons. The summed E-state index contributed by atoms with van der Waals surface area (Å²) in [5.74, 6) is -1.19. The highest BCUT2D eigenvalue weighted by Crippen LogP contribution is 2.41. The van der Waals surface area contributed by atoms with Gasteiger partial charge in [-0.15, -0.1) is 0 Å². The number of aromatic nitrogens is 1. The number of amides is 1. The Hall–Kier alpha value is -4.38. The number of aromatic amines is 1. The Labute approximate surface area is 191 Å². The minimum Gasteiger partial charge on any atom is -0.478 e. The summed E-state index contributed by atoms with van der Waals surface area (Å²) in [4.78, 5) is 27.6. The van der Waals surface area contributed by atoms with E-state index in [4.69, 9.17) is 0 Å². The van der Waals surface area contributed by atoms with Crippen LogP contribution in [0.15, 0.2) is 72.8 Å². The van der Waals surface area contributed by atoms with Gasteiger partial charge in [-0.3, -0.25) is 4.79 Å². The number of aromatic carboxylic acids is 1. The van der Waals surface area contributed by atoms with Gasteiger partial charge in [-0.2, -0.15) is 0 Å². The molecule has 33 heavy (non-hydrogen) atoms. The number of nitrogens with one attached hydrogen (secondary N) is 2. The number of carbonyl (C=O) groups is 2. The van der Waals surface area contributed by atoms with Crippen molar-refractivity contribution in [2.75, 3.05) is 5.32 Å². The molecule has 1 aliphatic heterocycles. The van der Waals surface area contributed by atoms with Gasteiger partial charge < -0.3 is 15.4 Å². The van der Waals surface area contributed by atoms with Crippen molar-refractivity contribution in [3.05, 3.63) is 101 Å². The van der Waals surface area contributed by atoms with Gasteiger partial charge in [0.25, 0.3) is 5.91 Å². The van der Waals surface area contributed by atoms with Crippen molar-refractivity contribution < 1.29 is 14.7 Å². The van der Waals surface area contributed by atoms with Crippen LogP contribution in [-0.2, 0) is 4.79 Å². The van der Waals surface area contributed by atoms with Crippen molar-refractivity contribution in [2.24, 2.45) is 0 Å². The number of hydrogen-bond acceptors (Lipinski definition) is 2. The van der Waals surface area contributed by atoms with Crippen molar-refractivity contribution in [1.29, 1.82) is 0 Å². The Kier molecular flexibility index (Phi) is 4.94. The van der Waals surface area contributed by atoms with E-state index >= 15 is 0 Å². The van der Waals surface area contributed by atoms with E-state index < -0.39 is 5.97 Å². The fourth-order valence-electron chi connectivity index (χ4n) is 4.48. The Bertz CT molecular complexity index is 1430. The highest BCUT2D eigenvalue weighted by molar-refractivity contribution is 6.36. The normalized spacial score (nSPS) is 13.8. The number of carbonyl (C=O) groups excluding carboxylic acids is 1. The van der Waals surface area contributed by atoms with Crippen LogP contribution in [0.25, 0.3) is 33.9 Å². The molecular weight excluding hydrogens is 412 g/mol. The summed E-state index contributed by atoms with van der Waals surface area (Å²) in [5.41, 5.74) is 8.32. The van der Waals surface area contributed by atoms with E-state index in [0.29, 0.717) is 22.5 Å². The predicted octanol–water partition coefficient (Wildman–Crippen LogP) is 6.16. The van der Waals surface area contributed by atoms with E-state index in [1.54, 1.807) is 19.9 Å². The number of hydrogen-bond donors (Lipinski definition) is 3. The average molecular weight is 434 g/mol. The number of fused-ring (bicyclic) bond motifs is 1. The summed E-state index contributed by atoms with van der Waals surface area (Å²) >= 11 is 0. The minimum absolute atomic E-state index is 0.207. The van der Waals surface area contributed by atoms with Crippen molar-refractivity contribution >= 4 is 29.2 Å². The molecule has 5 nitrogen and oxygen atoms in total. The average Bonchev–Trinajstić information content (AvgIpc) is 3.29. The first kappa shape index (κ1) is 20.5. The maximum Gasteiger partial charge on any atom is 0.337 e. The van der Waals surface area contributed by atoms with E-state index in [-0.39, 0.29) is 11.5 Å². The third kappa shape index (κ3) is 3.53. The highest BCUT2D eigenvalue weighted by Gasteiger charge is 2.28. The third-order valence-electron chi connectivity index (χ3n) is 6.11. The lowest BCUT2D eigenvalue weighted by atomic mass is 9.93. The lowest BCUT2D eigenvalue weighted by molar-refractivity contribution is -0.110. The number of aryl methyl sites for hydroxylation is 1. The molecule has 3 aromatic carbocycles. The van der Waals surface area contributed by atoms with Gasteiger partial charge in [-0.25, -0.2) is 4.79 Å². The van der Waals surface area contributed by atoms with Gasteiger partial charge in [0, 0.05) is 22.6 Å². The predicted molar refractivity (Wildman–Crippen MR) is 131 cm³/mol. The van der Waals surface area contributed by atoms with Gasteiger partial charge in [0.05, 0.1) is 11.1 Å². The van der Waals surface area contributed by atoms with Crippen molar-refractivity contribution in [3.8, 4) is 22.3 Å². The number of carboxylic acid groups (broad SMARTS) is 1. The second-order valence-corrected chi connectivity index (χ2v) is 8.15. The summed E-state index contributed by atoms with van der Waals surface area (Å²) < 4.78 is 0. The molecule has 1 aromatic heterocycles. The van der Waals surface area contributed by atoms with E-state index in [2.05, 4.69) is 46.7 Å². The van der Waals surface area contributed by atoms with Crippen LogP contribution in [0, 0.1) is 13.8 Å². The van der Waals surface area contributed by atoms with E-state index in [1.807, 2.05) is 36.4 Å². The van der Waals surface area contributed by atoms with Crippen LogP contribution < -0.4 is 5.32 Å². The SMILES string of the molecule is Cc1[nH]c(C=C2C(=O)Nc3cccc(-c4ccc(-c5ccccc5)cc4)c32)c(C)c1C(=O)O. The zero-order valence-electron chi connectivity index (χ0n) is 18.3. The standard InChI is InChI=1S/C28H22N2O3/c1-16-24(29-17(2)25(16)28(32)33)15-22-26-21(9-6-10-23(26)30-27(22)31)20-13-11-19(12-14-20)18-7-4-3-5-8-18/h3-15,29H,1-2H3,(H,30,31)(H,32,33). The van der Waals surface area contributed by atoms with Crippen LogP contribution in [0.4, 0.5) is 5.69 Å². The molecule has 0 spiro atoms. The Morgan fingerprint density at radius 1 is 0.848 bits per heavy atom. The molecular formula is C28H22N2O3. The number of carboxylic acids is 1. The van der Waals surface area contributed by atoms with Gasteiger partial charge in [-0.1, -0.05) is 66.7 Å². The molecule has 5 rings (SSSR count). The van der Waals surface area contributed by atoms with Gasteiger partial charge in [-0.05, 0) is 53.8 Å². The number of rotatable bonds is 4. The molecule has 5 heteroatoms. The quantitative estimate of drug-likeness (QED) is 0.337. The van der Waals surface area contributed by atoms with Crippen LogP contribution in [0.3, 0.4) is 0 Å². The first-order valence-corrected chi connectivity index (χ1v) is 10.7. The van der Waals surface area contributed by atoms with Crippen molar-refractivity contribution in [1.82, 2.24) is 4.98 Å². The smallest absolute Gasteiger partial charge is 0.337 e. The fraction of sp³-hybridized carbons (Fsp3) is 0.0714. The van der Waals surface area contributed by atoms with Crippen LogP contribution in [0.5, 0.6) is 0 Å². The maximum absolute atomic E-state index is 12.9. The molecule has 1 amide bonds. The van der Waals surface area contributed by atoms with Gasteiger partial charge >= 0.3 is 5.97 Å². The topological polar surface area (TPSA) is 82.2 Å². The molecule has 1 aliphatic rings. The summed E-state index contributed by atoms with van der Waals surface area (Å²) in [6, 6.07) is 24.3. The van der Waals surface area contributed by atoms with Gasteiger partial charge in [0.2, 0.25) is 0 Å². The molecule has 3 N–H and O–H groups in total. The van der Waals surface area contributed by atoms with E-state index in [1.165, 1.54) is 0 Å². The zero-order chi connectivity index (χ0) is 23.1. The fourth-order valence-corrected chi connectivity index (χ4v) is 4.48. The van der Waals surface area contributed by atoms with Crippen LogP contribution in [0.1, 0.15) is 32.9 Å². The summed E-state index contributed by atoms with van der Waals surface area (Å²) in [6.07, 6.45) is 1.75. The number of H-pyrrole nitrogens is 1. The molecule has 0 aliphatic carbocycles. The Morgan fingerprint density at radius 2 is 1.52 bits per heavy atom. The molecule has 0 saturated carbocycles.